The number of aromatic nitrogens is 2. The number of nitrogens with one attached hydrogen (secondary N) is 1. The Bertz CT molecular complexity index is 440. The molecule has 0 spiro atoms. The molecule has 1 aromatic heterocycles. The smallest absolute Gasteiger partial charge is 0.244 e. The van der Waals surface area contributed by atoms with E-state index in [-0.39, 0.29) is 18.6 Å². The van der Waals surface area contributed by atoms with Crippen LogP contribution in [0.5, 0.6) is 0 Å². The summed E-state index contributed by atoms with van der Waals surface area (Å²) < 4.78 is 1.55. The summed E-state index contributed by atoms with van der Waals surface area (Å²) in [5.74, 6) is -0.272. The fourth-order valence-electron chi connectivity index (χ4n) is 1.33. The Hall–Kier alpha value is -1.33. The number of aliphatic hydroxyl groups excluding tert-OH is 1. The maximum absolute atomic E-state index is 11.4. The highest BCUT2D eigenvalue weighted by Crippen LogP contribution is 2.19. The van der Waals surface area contributed by atoms with Crippen molar-refractivity contribution in [1.82, 2.24) is 15.1 Å². The maximum atomic E-state index is 11.4. The number of rotatable bonds is 4. The second-order valence-corrected chi connectivity index (χ2v) is 4.20. The third-order valence-electron chi connectivity index (χ3n) is 2.26. The monoisotopic (exact) mass is 257 g/mol. The molecule has 17 heavy (non-hydrogen) atoms. The van der Waals surface area contributed by atoms with Gasteiger partial charge in [-0.15, -0.1) is 0 Å². The van der Waals surface area contributed by atoms with Gasteiger partial charge in [0.1, 0.15) is 5.15 Å². The van der Waals surface area contributed by atoms with Crippen molar-refractivity contribution in [1.29, 1.82) is 0 Å². The Labute approximate surface area is 105 Å². The van der Waals surface area contributed by atoms with Crippen molar-refractivity contribution >= 4 is 23.6 Å². The quantitative estimate of drug-likeness (QED) is 0.788. The second-order valence-electron chi connectivity index (χ2n) is 3.84. The van der Waals surface area contributed by atoms with Gasteiger partial charge in [0.25, 0.3) is 0 Å². The van der Waals surface area contributed by atoms with Crippen LogP contribution in [0.3, 0.4) is 0 Å². The van der Waals surface area contributed by atoms with Gasteiger partial charge < -0.3 is 10.4 Å². The molecule has 2 N–H and O–H groups in total. The van der Waals surface area contributed by atoms with Crippen molar-refractivity contribution in [3.05, 3.63) is 22.5 Å². The van der Waals surface area contributed by atoms with Gasteiger partial charge in [-0.25, -0.2) is 0 Å². The number of aryl methyl sites for hydroxylation is 2. The number of carbonyl (C=O) groups is 1. The minimum absolute atomic E-state index is 0.0910. The maximum Gasteiger partial charge on any atom is 0.244 e. The van der Waals surface area contributed by atoms with Crippen LogP contribution in [0.15, 0.2) is 6.08 Å². The molecule has 1 rings (SSSR count). The largest absolute Gasteiger partial charge is 0.394 e. The minimum atomic E-state index is -0.272. The van der Waals surface area contributed by atoms with E-state index in [9.17, 15) is 4.79 Å². The van der Waals surface area contributed by atoms with Gasteiger partial charge in [-0.2, -0.15) is 5.10 Å². The van der Waals surface area contributed by atoms with Crippen LogP contribution in [-0.2, 0) is 11.8 Å². The lowest BCUT2D eigenvalue weighted by Crippen LogP contribution is -2.33. The zero-order valence-electron chi connectivity index (χ0n) is 10.1. The van der Waals surface area contributed by atoms with E-state index >= 15 is 0 Å². The molecule has 0 aromatic carbocycles. The van der Waals surface area contributed by atoms with Gasteiger partial charge in [-0.1, -0.05) is 11.6 Å². The number of carbonyl (C=O) groups excluding carboxylic acids is 1. The SMILES string of the molecule is Cc1nn(C)c(Cl)c1/C=C/C(=O)N[C@@H](C)CO. The molecule has 94 valence electrons. The normalized spacial score (nSPS) is 13.0. The van der Waals surface area contributed by atoms with Crippen molar-refractivity contribution in [2.75, 3.05) is 6.61 Å². The average Bonchev–Trinajstić information content (AvgIpc) is 2.51. The van der Waals surface area contributed by atoms with E-state index in [1.54, 1.807) is 24.7 Å². The summed E-state index contributed by atoms with van der Waals surface area (Å²) in [6.45, 7) is 3.44. The van der Waals surface area contributed by atoms with E-state index in [2.05, 4.69) is 10.4 Å². The molecule has 1 atom stereocenters. The molecule has 1 heterocycles. The number of nitrogens with zero attached hydrogens (tertiary/aromatic N) is 2. The molecule has 0 bridgehead atoms. The van der Waals surface area contributed by atoms with Crippen molar-refractivity contribution in [3.8, 4) is 0 Å². The van der Waals surface area contributed by atoms with Gasteiger partial charge in [0.15, 0.2) is 0 Å². The summed E-state index contributed by atoms with van der Waals surface area (Å²) in [5.41, 5.74) is 1.48. The predicted molar refractivity (Wildman–Crippen MR) is 66.7 cm³/mol. The molecule has 0 saturated carbocycles. The van der Waals surface area contributed by atoms with E-state index in [1.165, 1.54) is 6.08 Å². The Balaban J connectivity index is 2.74. The molecule has 0 saturated heterocycles. The zero-order chi connectivity index (χ0) is 13.0. The van der Waals surface area contributed by atoms with Crippen LogP contribution in [0.2, 0.25) is 5.15 Å². The molecule has 0 aliphatic rings. The Morgan fingerprint density at radius 2 is 2.35 bits per heavy atom. The van der Waals surface area contributed by atoms with Gasteiger partial charge in [0.2, 0.25) is 5.91 Å². The van der Waals surface area contributed by atoms with E-state index in [0.717, 1.165) is 11.3 Å². The Morgan fingerprint density at radius 3 is 2.82 bits per heavy atom. The molecular weight excluding hydrogens is 242 g/mol. The van der Waals surface area contributed by atoms with E-state index in [0.29, 0.717) is 5.15 Å². The van der Waals surface area contributed by atoms with Gasteiger partial charge >= 0.3 is 0 Å². The van der Waals surface area contributed by atoms with Crippen LogP contribution in [0, 0.1) is 6.92 Å². The number of hydrogen-bond acceptors (Lipinski definition) is 3. The summed E-state index contributed by atoms with van der Waals surface area (Å²) in [7, 11) is 1.74. The van der Waals surface area contributed by atoms with Crippen LogP contribution in [0.25, 0.3) is 6.08 Å². The minimum Gasteiger partial charge on any atom is -0.394 e. The number of amides is 1. The van der Waals surface area contributed by atoms with E-state index < -0.39 is 0 Å². The first-order valence-electron chi connectivity index (χ1n) is 5.24. The Kier molecular flexibility index (Phi) is 4.72. The molecule has 0 aliphatic heterocycles. The lowest BCUT2D eigenvalue weighted by molar-refractivity contribution is -0.117. The first kappa shape index (κ1) is 13.7. The molecule has 0 radical (unpaired) electrons. The molecule has 1 amide bonds. The molecular formula is C11H16ClN3O2. The van der Waals surface area contributed by atoms with Crippen LogP contribution >= 0.6 is 11.6 Å². The van der Waals surface area contributed by atoms with Crippen LogP contribution in [-0.4, -0.2) is 33.4 Å². The van der Waals surface area contributed by atoms with Gasteiger partial charge in [0.05, 0.1) is 12.3 Å². The van der Waals surface area contributed by atoms with Crippen molar-refractivity contribution in [2.45, 2.75) is 19.9 Å². The number of halogens is 1. The van der Waals surface area contributed by atoms with Crippen LogP contribution < -0.4 is 5.32 Å². The van der Waals surface area contributed by atoms with Gasteiger partial charge in [-0.3, -0.25) is 9.48 Å². The van der Waals surface area contributed by atoms with Crippen molar-refractivity contribution in [3.63, 3.8) is 0 Å². The first-order valence-corrected chi connectivity index (χ1v) is 5.62. The summed E-state index contributed by atoms with van der Waals surface area (Å²) in [4.78, 5) is 11.4. The zero-order valence-corrected chi connectivity index (χ0v) is 10.8. The molecule has 0 unspecified atom stereocenters. The lowest BCUT2D eigenvalue weighted by Gasteiger charge is -2.07. The third-order valence-corrected chi connectivity index (χ3v) is 2.71. The van der Waals surface area contributed by atoms with E-state index in [1.807, 2.05) is 6.92 Å². The summed E-state index contributed by atoms with van der Waals surface area (Å²) >= 11 is 6.01. The molecule has 5 nitrogen and oxygen atoms in total. The highest BCUT2D eigenvalue weighted by Gasteiger charge is 2.08. The highest BCUT2D eigenvalue weighted by atomic mass is 35.5. The second kappa shape index (κ2) is 5.84. The standard InChI is InChI=1S/C11H16ClN3O2/c1-7(6-16)13-10(17)5-4-9-8(2)14-15(3)11(9)12/h4-5,7,16H,6H2,1-3H3,(H,13,17)/b5-4+/t7-/m0/s1. The average molecular weight is 258 g/mol. The van der Waals surface area contributed by atoms with E-state index in [4.69, 9.17) is 16.7 Å². The summed E-state index contributed by atoms with van der Waals surface area (Å²) in [6, 6.07) is -0.266. The molecule has 0 aliphatic carbocycles. The molecule has 6 heteroatoms. The van der Waals surface area contributed by atoms with Gasteiger partial charge in [0, 0.05) is 24.7 Å². The van der Waals surface area contributed by atoms with Gasteiger partial charge in [-0.05, 0) is 19.9 Å². The summed E-state index contributed by atoms with van der Waals surface area (Å²) in [6.07, 6.45) is 2.99. The fraction of sp³-hybridized carbons (Fsp3) is 0.455. The summed E-state index contributed by atoms with van der Waals surface area (Å²) in [5, 5.41) is 16.0. The number of hydrogen-bond donors (Lipinski definition) is 2. The number of aliphatic hydroxyl groups is 1. The van der Waals surface area contributed by atoms with Crippen LogP contribution in [0.1, 0.15) is 18.2 Å². The predicted octanol–water partition coefficient (Wildman–Crippen LogP) is 0.892. The van der Waals surface area contributed by atoms with Crippen molar-refractivity contribution in [2.24, 2.45) is 7.05 Å². The molecule has 1 aromatic rings. The highest BCUT2D eigenvalue weighted by molar-refractivity contribution is 6.31. The fourth-order valence-corrected chi connectivity index (χ4v) is 1.57. The topological polar surface area (TPSA) is 67.2 Å². The third kappa shape index (κ3) is 3.57. The first-order chi connectivity index (χ1) is 7.95. The lowest BCUT2D eigenvalue weighted by atomic mass is 10.2. The Morgan fingerprint density at radius 1 is 1.71 bits per heavy atom. The molecule has 0 fully saturated rings. The van der Waals surface area contributed by atoms with Crippen LogP contribution in [0.4, 0.5) is 0 Å². The van der Waals surface area contributed by atoms with Crippen molar-refractivity contribution < 1.29 is 9.90 Å².